The summed E-state index contributed by atoms with van der Waals surface area (Å²) in [5.41, 5.74) is 0. The van der Waals surface area contributed by atoms with Gasteiger partial charge in [-0.3, -0.25) is 37.3 Å². The number of phosphoric acid groups is 2. The Balaban J connectivity index is 5.24. The number of hydrogen-bond donors (Lipinski definition) is 3. The standard InChI is InChI=1S/C76H148O17P2/c1-6-9-12-15-18-21-24-25-26-27-31-36-40-45-50-55-60-74(79)87-66-72(93-76(81)62-57-52-47-42-37-32-29-28-30-35-38-43-48-53-58-69(4)5)68-91-95(84,85)89-64-70(77)63-88-94(82,83)90-67-71(92-75(80)61-56-51-46-41-34-23-20-17-14-11-8-3)65-86-73(78)59-54-49-44-39-33-22-19-16-13-10-7-2/h69-72,77H,6-68H2,1-5H3,(H,82,83)(H,84,85)/t70-,71+,72+/m0/s1. The molecule has 0 saturated heterocycles. The largest absolute Gasteiger partial charge is 0.472 e. The maximum Gasteiger partial charge on any atom is 0.472 e. The van der Waals surface area contributed by atoms with Crippen molar-refractivity contribution in [3.8, 4) is 0 Å². The van der Waals surface area contributed by atoms with Crippen LogP contribution < -0.4 is 0 Å². The van der Waals surface area contributed by atoms with Crippen LogP contribution in [0, 0.1) is 5.92 Å². The molecule has 3 N–H and O–H groups in total. The van der Waals surface area contributed by atoms with E-state index in [4.69, 9.17) is 37.0 Å². The van der Waals surface area contributed by atoms with Crippen LogP contribution in [0.15, 0.2) is 0 Å². The molecule has 2 unspecified atom stereocenters. The summed E-state index contributed by atoms with van der Waals surface area (Å²) in [6, 6.07) is 0. The molecule has 0 aromatic carbocycles. The minimum absolute atomic E-state index is 0.107. The van der Waals surface area contributed by atoms with Crippen LogP contribution in [0.4, 0.5) is 0 Å². The van der Waals surface area contributed by atoms with E-state index in [2.05, 4.69) is 34.6 Å². The average Bonchev–Trinajstić information content (AvgIpc) is 1.41. The number of aliphatic hydroxyl groups is 1. The normalized spacial score (nSPS) is 13.9. The van der Waals surface area contributed by atoms with Crippen molar-refractivity contribution < 1.29 is 80.2 Å². The van der Waals surface area contributed by atoms with Crippen LogP contribution in [0.25, 0.3) is 0 Å². The highest BCUT2D eigenvalue weighted by Crippen LogP contribution is 2.45. The maximum atomic E-state index is 13.1. The van der Waals surface area contributed by atoms with Gasteiger partial charge in [0.1, 0.15) is 19.3 Å². The van der Waals surface area contributed by atoms with Crippen LogP contribution in [0.2, 0.25) is 0 Å². The number of esters is 4. The number of aliphatic hydroxyl groups excluding tert-OH is 1. The van der Waals surface area contributed by atoms with E-state index in [1.165, 1.54) is 225 Å². The van der Waals surface area contributed by atoms with E-state index >= 15 is 0 Å². The molecule has 0 aromatic heterocycles. The zero-order valence-electron chi connectivity index (χ0n) is 61.8. The Morgan fingerprint density at radius 2 is 0.484 bits per heavy atom. The average molecular weight is 1400 g/mol. The third kappa shape index (κ3) is 70.3. The van der Waals surface area contributed by atoms with E-state index in [1.807, 2.05) is 0 Å². The quantitative estimate of drug-likeness (QED) is 0.0222. The van der Waals surface area contributed by atoms with Gasteiger partial charge in [-0.15, -0.1) is 0 Å². The molecule has 0 amide bonds. The molecule has 5 atom stereocenters. The van der Waals surface area contributed by atoms with E-state index in [0.29, 0.717) is 25.7 Å². The molecule has 0 aromatic rings. The van der Waals surface area contributed by atoms with Crippen LogP contribution >= 0.6 is 15.6 Å². The van der Waals surface area contributed by atoms with Gasteiger partial charge < -0.3 is 33.8 Å². The van der Waals surface area contributed by atoms with Crippen LogP contribution in [0.3, 0.4) is 0 Å². The summed E-state index contributed by atoms with van der Waals surface area (Å²) in [7, 11) is -9.91. The van der Waals surface area contributed by atoms with Gasteiger partial charge in [0.2, 0.25) is 0 Å². The third-order valence-corrected chi connectivity index (χ3v) is 19.7. The zero-order chi connectivity index (χ0) is 69.8. The lowest BCUT2D eigenvalue weighted by Gasteiger charge is -2.21. The van der Waals surface area contributed by atoms with Gasteiger partial charge in [0, 0.05) is 25.7 Å². The second-order valence-electron chi connectivity index (χ2n) is 27.9. The van der Waals surface area contributed by atoms with Gasteiger partial charge >= 0.3 is 39.5 Å². The lowest BCUT2D eigenvalue weighted by Crippen LogP contribution is -2.30. The molecule has 0 radical (unpaired) electrons. The molecular weight excluding hydrogens is 1250 g/mol. The Kier molecular flexibility index (Phi) is 67.7. The van der Waals surface area contributed by atoms with Gasteiger partial charge in [0.25, 0.3) is 0 Å². The zero-order valence-corrected chi connectivity index (χ0v) is 63.6. The summed E-state index contributed by atoms with van der Waals surface area (Å²) < 4.78 is 68.5. The van der Waals surface area contributed by atoms with Crippen molar-refractivity contribution in [2.45, 2.75) is 419 Å². The first-order chi connectivity index (χ1) is 46.0. The summed E-state index contributed by atoms with van der Waals surface area (Å²) in [4.78, 5) is 72.8. The predicted molar refractivity (Wildman–Crippen MR) is 386 cm³/mol. The molecule has 0 heterocycles. The minimum atomic E-state index is -4.96. The number of rotatable bonds is 76. The number of hydrogen-bond acceptors (Lipinski definition) is 15. The van der Waals surface area contributed by atoms with Crippen molar-refractivity contribution in [1.82, 2.24) is 0 Å². The first-order valence-electron chi connectivity index (χ1n) is 39.6. The summed E-state index contributed by atoms with van der Waals surface area (Å²) in [5, 5.41) is 10.6. The van der Waals surface area contributed by atoms with Crippen molar-refractivity contribution in [2.75, 3.05) is 39.6 Å². The Bertz CT molecular complexity index is 1820. The van der Waals surface area contributed by atoms with E-state index < -0.39 is 97.5 Å². The second kappa shape index (κ2) is 69.2. The van der Waals surface area contributed by atoms with E-state index in [1.54, 1.807) is 0 Å². The van der Waals surface area contributed by atoms with Crippen molar-refractivity contribution in [3.63, 3.8) is 0 Å². The molecule has 0 fully saturated rings. The molecule has 0 spiro atoms. The Morgan fingerprint density at radius 1 is 0.284 bits per heavy atom. The number of ether oxygens (including phenoxy) is 4. The lowest BCUT2D eigenvalue weighted by molar-refractivity contribution is -0.161. The molecule has 0 aliphatic carbocycles. The fraction of sp³-hybridized carbons (Fsp3) is 0.947. The minimum Gasteiger partial charge on any atom is -0.462 e. The van der Waals surface area contributed by atoms with Gasteiger partial charge in [0.15, 0.2) is 12.2 Å². The van der Waals surface area contributed by atoms with Gasteiger partial charge in [0.05, 0.1) is 26.4 Å². The molecule has 0 saturated carbocycles. The number of carbonyl (C=O) groups excluding carboxylic acids is 4. The van der Waals surface area contributed by atoms with Crippen molar-refractivity contribution in [1.29, 1.82) is 0 Å². The van der Waals surface area contributed by atoms with Crippen LogP contribution in [-0.4, -0.2) is 96.7 Å². The predicted octanol–water partition coefficient (Wildman–Crippen LogP) is 22.5. The Hall–Kier alpha value is -1.94. The van der Waals surface area contributed by atoms with Crippen molar-refractivity contribution in [3.05, 3.63) is 0 Å². The van der Waals surface area contributed by atoms with Crippen LogP contribution in [-0.2, 0) is 65.4 Å². The SMILES string of the molecule is CCCCCCCCCCCCCCCCCCC(=O)OC[C@H](COP(=O)(O)OC[C@@H](O)COP(=O)(O)OC[C@@H](COC(=O)CCCCCCCCCCCCC)OC(=O)CCCCCCCCCCCCC)OC(=O)CCCCCCCCCCCCCCCCC(C)C. The lowest BCUT2D eigenvalue weighted by atomic mass is 10.0. The fourth-order valence-electron chi connectivity index (χ4n) is 11.7. The second-order valence-corrected chi connectivity index (χ2v) is 30.8. The highest BCUT2D eigenvalue weighted by molar-refractivity contribution is 7.47. The molecule has 0 rings (SSSR count). The molecule has 0 aliphatic heterocycles. The fourth-order valence-corrected chi connectivity index (χ4v) is 13.3. The summed E-state index contributed by atoms with van der Waals surface area (Å²) in [5.74, 6) is -1.32. The first-order valence-corrected chi connectivity index (χ1v) is 42.6. The highest BCUT2D eigenvalue weighted by atomic mass is 31.2. The smallest absolute Gasteiger partial charge is 0.462 e. The van der Waals surface area contributed by atoms with Crippen molar-refractivity contribution in [2.24, 2.45) is 5.92 Å². The van der Waals surface area contributed by atoms with Gasteiger partial charge in [-0.1, -0.05) is 349 Å². The first kappa shape index (κ1) is 93.1. The van der Waals surface area contributed by atoms with Crippen LogP contribution in [0.1, 0.15) is 401 Å². The van der Waals surface area contributed by atoms with Crippen LogP contribution in [0.5, 0.6) is 0 Å². The molecular formula is C76H148O17P2. The maximum absolute atomic E-state index is 13.1. The molecule has 17 nitrogen and oxygen atoms in total. The summed E-state index contributed by atoms with van der Waals surface area (Å²) >= 11 is 0. The van der Waals surface area contributed by atoms with Gasteiger partial charge in [-0.05, 0) is 31.6 Å². The Labute approximate surface area is 581 Å². The number of carbonyl (C=O) groups is 4. The summed E-state index contributed by atoms with van der Waals surface area (Å²) in [6.07, 6.45) is 58.1. The molecule has 564 valence electrons. The topological polar surface area (TPSA) is 237 Å². The molecule has 0 bridgehead atoms. The van der Waals surface area contributed by atoms with E-state index in [0.717, 1.165) is 95.8 Å². The summed E-state index contributed by atoms with van der Waals surface area (Å²) in [6.45, 7) is 7.31. The Morgan fingerprint density at radius 3 is 0.716 bits per heavy atom. The monoisotopic (exact) mass is 1400 g/mol. The highest BCUT2D eigenvalue weighted by Gasteiger charge is 2.30. The van der Waals surface area contributed by atoms with E-state index in [9.17, 15) is 43.2 Å². The molecule has 0 aliphatic rings. The number of phosphoric ester groups is 2. The molecule has 95 heavy (non-hydrogen) atoms. The van der Waals surface area contributed by atoms with Gasteiger partial charge in [-0.2, -0.15) is 0 Å². The molecule has 19 heteroatoms. The van der Waals surface area contributed by atoms with Crippen molar-refractivity contribution >= 4 is 39.5 Å². The van der Waals surface area contributed by atoms with Gasteiger partial charge in [-0.25, -0.2) is 9.13 Å². The third-order valence-electron chi connectivity index (χ3n) is 17.8. The van der Waals surface area contributed by atoms with E-state index in [-0.39, 0.29) is 25.7 Å². The number of unbranched alkanes of at least 4 members (excludes halogenated alkanes) is 48.